The van der Waals surface area contributed by atoms with Gasteiger partial charge in [0.05, 0.1) is 11.3 Å². The third kappa shape index (κ3) is 4.71. The van der Waals surface area contributed by atoms with Crippen LogP contribution < -0.4 is 15.0 Å². The summed E-state index contributed by atoms with van der Waals surface area (Å²) in [7, 11) is 0. The molecule has 43 heavy (non-hydrogen) atoms. The number of hydrogen-bond donors (Lipinski definition) is 2. The number of aromatic nitrogens is 4. The molecule has 0 saturated carbocycles. The van der Waals surface area contributed by atoms with E-state index in [1.165, 1.54) is 12.4 Å². The first-order valence-electron chi connectivity index (χ1n) is 13.4. The molecule has 5 heterocycles. The molecule has 9 nitrogen and oxygen atoms in total. The van der Waals surface area contributed by atoms with E-state index in [1.54, 1.807) is 28.9 Å². The highest BCUT2D eigenvalue weighted by atomic mass is 19.4. The highest BCUT2D eigenvalue weighted by Crippen LogP contribution is 2.41. The Morgan fingerprint density at radius 3 is 2.44 bits per heavy atom. The molecular weight excluding hydrogens is 568 g/mol. The number of pyridine rings is 1. The van der Waals surface area contributed by atoms with Crippen molar-refractivity contribution in [2.24, 2.45) is 0 Å². The van der Waals surface area contributed by atoms with E-state index in [9.17, 15) is 27.5 Å². The zero-order valence-electron chi connectivity index (χ0n) is 22.2. The molecule has 2 aliphatic heterocycles. The summed E-state index contributed by atoms with van der Waals surface area (Å²) in [6, 6.07) is 16.1. The van der Waals surface area contributed by atoms with Crippen molar-refractivity contribution >= 4 is 17.3 Å². The van der Waals surface area contributed by atoms with E-state index in [2.05, 4.69) is 37.1 Å². The molecular formula is C30H22F4N6O3. The number of nitrogens with one attached hydrogen (secondary N) is 1. The molecule has 2 atom stereocenters. The molecule has 13 heteroatoms. The Hall–Kier alpha value is -5.04. The van der Waals surface area contributed by atoms with E-state index in [1.807, 2.05) is 12.1 Å². The summed E-state index contributed by atoms with van der Waals surface area (Å²) >= 11 is 0. The number of benzene rings is 2. The van der Waals surface area contributed by atoms with Crippen molar-refractivity contribution in [3.8, 4) is 45.1 Å². The molecule has 2 saturated heterocycles. The van der Waals surface area contributed by atoms with Crippen LogP contribution in [0.25, 0.3) is 39.3 Å². The van der Waals surface area contributed by atoms with E-state index >= 15 is 0 Å². The summed E-state index contributed by atoms with van der Waals surface area (Å²) in [5.74, 6) is -6.24. The number of piperazine rings is 1. The predicted molar refractivity (Wildman–Crippen MR) is 148 cm³/mol. The largest absolute Gasteiger partial charge is 0.505 e. The zero-order chi connectivity index (χ0) is 29.9. The van der Waals surface area contributed by atoms with Crippen LogP contribution in [0.3, 0.4) is 0 Å². The van der Waals surface area contributed by atoms with Crippen molar-refractivity contribution in [2.45, 2.75) is 24.7 Å². The second-order valence-electron chi connectivity index (χ2n) is 10.4. The minimum atomic E-state index is -5.37. The highest BCUT2D eigenvalue weighted by Gasteiger charge is 2.42. The Bertz CT molecular complexity index is 1860. The number of fused-ring (bicyclic) bond motifs is 3. The molecule has 0 spiro atoms. The van der Waals surface area contributed by atoms with Crippen LogP contribution in [0.15, 0.2) is 73.2 Å². The number of hydrogen-bond acceptors (Lipinski definition) is 8. The molecule has 2 N–H and O–H groups in total. The number of carbonyl (C=O) groups excluding carboxylic acids is 1. The number of rotatable bonds is 5. The summed E-state index contributed by atoms with van der Waals surface area (Å²) in [6.07, 6.45) is 0.378. The molecule has 218 valence electrons. The van der Waals surface area contributed by atoms with Crippen LogP contribution in [0.1, 0.15) is 6.42 Å². The van der Waals surface area contributed by atoms with Gasteiger partial charge in [0.2, 0.25) is 5.82 Å². The van der Waals surface area contributed by atoms with Gasteiger partial charge in [-0.1, -0.05) is 12.1 Å². The number of phenols is 1. The summed E-state index contributed by atoms with van der Waals surface area (Å²) in [5, 5.41) is 18.6. The second kappa shape index (κ2) is 10.1. The lowest BCUT2D eigenvalue weighted by atomic mass is 10.0. The normalized spacial score (nSPS) is 18.0. The Labute approximate surface area is 241 Å². The lowest BCUT2D eigenvalue weighted by Crippen LogP contribution is -2.43. The van der Waals surface area contributed by atoms with Crippen molar-refractivity contribution in [1.82, 2.24) is 24.9 Å². The van der Waals surface area contributed by atoms with Crippen LogP contribution in [0.4, 0.5) is 23.2 Å². The number of nitrogens with zero attached hydrogens (tertiary/aromatic N) is 5. The first kappa shape index (κ1) is 26.8. The van der Waals surface area contributed by atoms with Gasteiger partial charge in [-0.15, -0.1) is 0 Å². The van der Waals surface area contributed by atoms with E-state index < -0.39 is 29.5 Å². The lowest BCUT2D eigenvalue weighted by Gasteiger charge is -2.29. The van der Waals surface area contributed by atoms with E-state index in [0.29, 0.717) is 29.0 Å². The van der Waals surface area contributed by atoms with Gasteiger partial charge in [-0.2, -0.15) is 22.7 Å². The second-order valence-corrected chi connectivity index (χ2v) is 10.4. The van der Waals surface area contributed by atoms with E-state index in [4.69, 9.17) is 5.10 Å². The van der Waals surface area contributed by atoms with Crippen molar-refractivity contribution < 1.29 is 32.2 Å². The molecule has 7 rings (SSSR count). The fourth-order valence-corrected chi connectivity index (χ4v) is 5.80. The van der Waals surface area contributed by atoms with Gasteiger partial charge in [0, 0.05) is 60.6 Å². The van der Waals surface area contributed by atoms with Crippen LogP contribution in [-0.4, -0.2) is 62.0 Å². The standard InChI is InChI=1S/C30H22F4N6O3/c31-26-23(41)11-18(12-24(26)43-29(42)30(32,33)34)25-27(17-5-8-35-9-6-17)38-40-22(7-10-36-28(25)40)16-1-3-20(4-2-16)39-15-19-13-21(39)14-37-19/h1-12,19,21,37,41H,13-15H2/t19-,21-/m0/s1. The fraction of sp³-hybridized carbons (Fsp3) is 0.200. The Balaban J connectivity index is 1.36. The number of anilines is 1. The highest BCUT2D eigenvalue weighted by molar-refractivity contribution is 5.92. The van der Waals surface area contributed by atoms with Gasteiger partial charge in [0.25, 0.3) is 0 Å². The van der Waals surface area contributed by atoms with Crippen molar-refractivity contribution in [3.05, 3.63) is 79.0 Å². The van der Waals surface area contributed by atoms with E-state index in [-0.39, 0.29) is 16.8 Å². The topological polar surface area (TPSA) is 105 Å². The van der Waals surface area contributed by atoms with Crippen LogP contribution >= 0.6 is 0 Å². The smallest absolute Gasteiger partial charge is 0.491 e. The molecule has 3 aromatic heterocycles. The lowest BCUT2D eigenvalue weighted by molar-refractivity contribution is -0.189. The molecule has 0 amide bonds. The van der Waals surface area contributed by atoms with Crippen LogP contribution in [0, 0.1) is 5.82 Å². The summed E-state index contributed by atoms with van der Waals surface area (Å²) < 4.78 is 59.2. The number of aromatic hydroxyl groups is 1. The SMILES string of the molecule is O=C(Oc1cc(-c2c(-c3ccncc3)nn3c(-c4ccc(N5C[C@@H]6C[C@H]5CN6)cc4)ccnc23)cc(O)c1F)C(F)(F)F. The molecule has 0 radical (unpaired) electrons. The predicted octanol–water partition coefficient (Wildman–Crippen LogP) is 4.99. The maximum Gasteiger partial charge on any atom is 0.491 e. The molecule has 2 aliphatic rings. The number of ether oxygens (including phenoxy) is 1. The molecule has 2 fully saturated rings. The van der Waals surface area contributed by atoms with Gasteiger partial charge in [0.15, 0.2) is 17.1 Å². The van der Waals surface area contributed by atoms with Gasteiger partial charge in [-0.05, 0) is 54.4 Å². The minimum Gasteiger partial charge on any atom is -0.505 e. The number of phenolic OH excluding ortho intramolecular Hbond substituents is 1. The van der Waals surface area contributed by atoms with Crippen molar-refractivity contribution in [3.63, 3.8) is 0 Å². The van der Waals surface area contributed by atoms with Crippen LogP contribution in [0.2, 0.25) is 0 Å². The quantitative estimate of drug-likeness (QED) is 0.168. The van der Waals surface area contributed by atoms with Gasteiger partial charge < -0.3 is 20.1 Å². The Morgan fingerprint density at radius 1 is 1.00 bits per heavy atom. The maximum absolute atomic E-state index is 14.6. The average molecular weight is 591 g/mol. The minimum absolute atomic E-state index is 0.0309. The summed E-state index contributed by atoms with van der Waals surface area (Å²) in [6.45, 7) is 1.91. The molecule has 2 aromatic carbocycles. The number of alkyl halides is 3. The molecule has 0 unspecified atom stereocenters. The molecule has 5 aromatic rings. The average Bonchev–Trinajstić information content (AvgIpc) is 3.74. The number of carbonyl (C=O) groups is 1. The van der Waals surface area contributed by atoms with Crippen molar-refractivity contribution in [2.75, 3.05) is 18.0 Å². The third-order valence-corrected chi connectivity index (χ3v) is 7.77. The molecule has 0 aliphatic carbocycles. The Morgan fingerprint density at radius 2 is 1.77 bits per heavy atom. The van der Waals surface area contributed by atoms with Crippen LogP contribution in [0.5, 0.6) is 11.5 Å². The summed E-state index contributed by atoms with van der Waals surface area (Å²) in [5.41, 5.74) is 4.09. The van der Waals surface area contributed by atoms with Crippen LogP contribution in [-0.2, 0) is 4.79 Å². The Kier molecular flexibility index (Phi) is 6.27. The first-order chi connectivity index (χ1) is 20.7. The third-order valence-electron chi connectivity index (χ3n) is 7.77. The molecule has 2 bridgehead atoms. The van der Waals surface area contributed by atoms with E-state index in [0.717, 1.165) is 42.9 Å². The van der Waals surface area contributed by atoms with Gasteiger partial charge in [-0.3, -0.25) is 4.98 Å². The zero-order valence-corrected chi connectivity index (χ0v) is 22.2. The fourth-order valence-electron chi connectivity index (χ4n) is 5.80. The maximum atomic E-state index is 14.6. The number of esters is 1. The van der Waals surface area contributed by atoms with Gasteiger partial charge in [-0.25, -0.2) is 14.3 Å². The van der Waals surface area contributed by atoms with Gasteiger partial charge >= 0.3 is 12.1 Å². The first-order valence-corrected chi connectivity index (χ1v) is 13.4. The monoisotopic (exact) mass is 590 g/mol. The van der Waals surface area contributed by atoms with Crippen molar-refractivity contribution in [1.29, 1.82) is 0 Å². The summed E-state index contributed by atoms with van der Waals surface area (Å²) in [4.78, 5) is 22.4. The number of halogens is 4. The van der Waals surface area contributed by atoms with Gasteiger partial charge in [0.1, 0.15) is 5.69 Å².